The van der Waals surface area contributed by atoms with Crippen LogP contribution in [0.4, 0.5) is 0 Å². The lowest BCUT2D eigenvalue weighted by Gasteiger charge is -2.16. The van der Waals surface area contributed by atoms with Crippen molar-refractivity contribution in [3.8, 4) is 23.1 Å². The first-order chi connectivity index (χ1) is 23.2. The number of benzene rings is 3. The predicted octanol–water partition coefficient (Wildman–Crippen LogP) is 5.60. The molecule has 0 bridgehead atoms. The van der Waals surface area contributed by atoms with E-state index in [1.807, 2.05) is 45.0 Å². The fraction of sp³-hybridized carbons (Fsp3) is 0.294. The van der Waals surface area contributed by atoms with E-state index in [1.165, 1.54) is 24.9 Å². The number of phenols is 1. The maximum absolute atomic E-state index is 13.2. The fourth-order valence-electron chi connectivity index (χ4n) is 4.73. The highest BCUT2D eigenvalue weighted by Crippen LogP contribution is 2.41. The molecule has 2 aromatic heterocycles. The minimum absolute atomic E-state index is 0.0199. The van der Waals surface area contributed by atoms with Gasteiger partial charge in [-0.25, -0.2) is 4.68 Å². The molecule has 14 heteroatoms. The zero-order chi connectivity index (χ0) is 34.2. The number of amides is 1. The van der Waals surface area contributed by atoms with Crippen LogP contribution in [-0.4, -0.2) is 63.2 Å². The van der Waals surface area contributed by atoms with Gasteiger partial charge >= 0.3 is 11.9 Å². The van der Waals surface area contributed by atoms with Crippen molar-refractivity contribution >= 4 is 40.4 Å². The highest BCUT2D eigenvalue weighted by Gasteiger charge is 2.24. The number of nitrogens with one attached hydrogen (secondary N) is 1. The molecule has 250 valence electrons. The predicted molar refractivity (Wildman–Crippen MR) is 177 cm³/mol. The van der Waals surface area contributed by atoms with Crippen LogP contribution in [-0.2, 0) is 31.2 Å². The smallest absolute Gasteiger partial charge is 0.315 e. The number of nitrogens with zero attached hydrogens (tertiary/aromatic N) is 4. The maximum Gasteiger partial charge on any atom is 0.315 e. The summed E-state index contributed by atoms with van der Waals surface area (Å²) in [5, 5.41) is 27.8. The molecule has 1 amide bonds. The maximum atomic E-state index is 13.2. The van der Waals surface area contributed by atoms with Crippen molar-refractivity contribution < 1.29 is 38.1 Å². The van der Waals surface area contributed by atoms with Gasteiger partial charge in [-0.1, -0.05) is 60.6 Å². The zero-order valence-corrected chi connectivity index (χ0v) is 27.8. The van der Waals surface area contributed by atoms with Gasteiger partial charge in [0.15, 0.2) is 0 Å². The molecule has 0 fully saturated rings. The summed E-state index contributed by atoms with van der Waals surface area (Å²) in [5.41, 5.74) is 3.16. The van der Waals surface area contributed by atoms with Crippen LogP contribution in [0.5, 0.6) is 17.4 Å². The number of phenolic OH excluding ortho intramolecular Hbond substituents is 1. The van der Waals surface area contributed by atoms with Gasteiger partial charge in [-0.2, -0.15) is 5.10 Å². The second-order valence-corrected chi connectivity index (χ2v) is 11.7. The molecule has 0 aliphatic rings. The molecule has 3 aromatic carbocycles. The van der Waals surface area contributed by atoms with E-state index in [1.54, 1.807) is 28.9 Å². The molecule has 2 heterocycles. The zero-order valence-electron chi connectivity index (χ0n) is 26.9. The van der Waals surface area contributed by atoms with Crippen molar-refractivity contribution in [3.63, 3.8) is 0 Å². The highest BCUT2D eigenvalue weighted by atomic mass is 32.2. The van der Waals surface area contributed by atoms with E-state index in [4.69, 9.17) is 19.0 Å². The average Bonchev–Trinajstić information content (AvgIpc) is 3.66. The molecule has 0 unspecified atom stereocenters. The molecule has 2 N–H and O–H groups in total. The Labute approximate surface area is 280 Å². The van der Waals surface area contributed by atoms with Crippen LogP contribution < -0.4 is 10.1 Å². The SMILES string of the molecule is CCCOC(=O)Cc1nnc(SCc2c(C)nn(-c3ccc(C)cc3)c2Oc2cc(C(=O)NCCC(=O)OC)c(O)c3ccccc23)o1. The number of aryl methyl sites for hydroxylation is 2. The van der Waals surface area contributed by atoms with Crippen molar-refractivity contribution in [2.45, 2.75) is 51.0 Å². The normalized spacial score (nSPS) is 11.0. The number of esters is 2. The van der Waals surface area contributed by atoms with E-state index >= 15 is 0 Å². The Morgan fingerprint density at radius 3 is 2.50 bits per heavy atom. The second-order valence-electron chi connectivity index (χ2n) is 10.8. The quantitative estimate of drug-likeness (QED) is 0.111. The molecule has 0 aliphatic carbocycles. The lowest BCUT2D eigenvalue weighted by atomic mass is 10.0. The molecule has 0 saturated heterocycles. The number of hydrogen-bond donors (Lipinski definition) is 2. The summed E-state index contributed by atoms with van der Waals surface area (Å²) in [6.45, 7) is 6.09. The van der Waals surface area contributed by atoms with Gasteiger partial charge in [0, 0.05) is 28.6 Å². The first kappa shape index (κ1) is 34.0. The summed E-state index contributed by atoms with van der Waals surface area (Å²) in [7, 11) is 1.27. The summed E-state index contributed by atoms with van der Waals surface area (Å²) in [6, 6.07) is 16.2. The lowest BCUT2D eigenvalue weighted by Crippen LogP contribution is -2.26. The van der Waals surface area contributed by atoms with Gasteiger partial charge in [-0.3, -0.25) is 14.4 Å². The number of aromatic hydroxyl groups is 1. The van der Waals surface area contributed by atoms with Crippen molar-refractivity contribution in [1.29, 1.82) is 0 Å². The minimum Gasteiger partial charge on any atom is -0.506 e. The summed E-state index contributed by atoms with van der Waals surface area (Å²) < 4.78 is 23.8. The number of fused-ring (bicyclic) bond motifs is 1. The Kier molecular flexibility index (Phi) is 11.0. The van der Waals surface area contributed by atoms with Crippen LogP contribution in [0, 0.1) is 13.8 Å². The van der Waals surface area contributed by atoms with Crippen molar-refractivity contribution in [2.75, 3.05) is 20.3 Å². The number of hydrogen-bond acceptors (Lipinski definition) is 12. The van der Waals surface area contributed by atoms with Gasteiger partial charge in [0.2, 0.25) is 11.8 Å². The molecule has 0 radical (unpaired) electrons. The van der Waals surface area contributed by atoms with E-state index < -0.39 is 17.8 Å². The molecule has 0 spiro atoms. The molecule has 5 aromatic rings. The second kappa shape index (κ2) is 15.5. The third-order valence-electron chi connectivity index (χ3n) is 7.24. The van der Waals surface area contributed by atoms with Crippen LogP contribution >= 0.6 is 11.8 Å². The van der Waals surface area contributed by atoms with Gasteiger partial charge < -0.3 is 29.1 Å². The average molecular weight is 674 g/mol. The molecule has 5 rings (SSSR count). The molecule has 0 aliphatic heterocycles. The van der Waals surface area contributed by atoms with Crippen molar-refractivity contribution in [1.82, 2.24) is 25.3 Å². The number of carbonyl (C=O) groups is 3. The minimum atomic E-state index is -0.586. The van der Waals surface area contributed by atoms with Gasteiger partial charge in [-0.15, -0.1) is 10.2 Å². The first-order valence-electron chi connectivity index (χ1n) is 15.2. The van der Waals surface area contributed by atoms with Crippen LogP contribution in [0.2, 0.25) is 0 Å². The first-order valence-corrected chi connectivity index (χ1v) is 16.2. The Hall–Kier alpha value is -5.37. The van der Waals surface area contributed by atoms with Crippen molar-refractivity contribution in [3.05, 3.63) is 82.9 Å². The summed E-state index contributed by atoms with van der Waals surface area (Å²) in [5.74, 6) is -0.596. The molecular weight excluding hydrogens is 638 g/mol. The number of aromatic nitrogens is 4. The van der Waals surface area contributed by atoms with E-state index in [9.17, 15) is 19.5 Å². The highest BCUT2D eigenvalue weighted by molar-refractivity contribution is 7.98. The number of ether oxygens (including phenoxy) is 3. The van der Waals surface area contributed by atoms with Crippen LogP contribution in [0.1, 0.15) is 52.8 Å². The molecule has 0 saturated carbocycles. The summed E-state index contributed by atoms with van der Waals surface area (Å²) in [4.78, 5) is 36.8. The number of rotatable bonds is 14. The molecule has 13 nitrogen and oxygen atoms in total. The third-order valence-corrected chi connectivity index (χ3v) is 8.08. The Morgan fingerprint density at radius 2 is 1.77 bits per heavy atom. The Morgan fingerprint density at radius 1 is 1.02 bits per heavy atom. The van der Waals surface area contributed by atoms with Crippen LogP contribution in [0.25, 0.3) is 16.5 Å². The van der Waals surface area contributed by atoms with Gasteiger partial charge in [-0.05, 0) is 38.5 Å². The number of carbonyl (C=O) groups excluding carboxylic acids is 3. The van der Waals surface area contributed by atoms with E-state index in [0.717, 1.165) is 11.3 Å². The Balaban J connectivity index is 1.50. The Bertz CT molecular complexity index is 1940. The van der Waals surface area contributed by atoms with E-state index in [2.05, 4.69) is 20.3 Å². The largest absolute Gasteiger partial charge is 0.506 e. The van der Waals surface area contributed by atoms with E-state index in [0.29, 0.717) is 52.4 Å². The van der Waals surface area contributed by atoms with Gasteiger partial charge in [0.05, 0.1) is 37.1 Å². The lowest BCUT2D eigenvalue weighted by molar-refractivity contribution is -0.143. The standard InChI is InChI=1S/C34H35N5O8S/c1-5-16-45-30(41)18-28-36-37-34(47-28)48-19-26-21(3)38-39(22-12-10-20(2)11-13-22)33(26)46-27-17-25(32(43)35-15-14-29(40)44-4)31(42)24-9-7-6-8-23(24)27/h6-13,17,42H,5,14-16,18-19H2,1-4H3,(H,35,43). The molecule has 48 heavy (non-hydrogen) atoms. The van der Waals surface area contributed by atoms with Gasteiger partial charge in [0.25, 0.3) is 11.1 Å². The summed E-state index contributed by atoms with van der Waals surface area (Å²) >= 11 is 1.25. The van der Waals surface area contributed by atoms with Crippen LogP contribution in [0.15, 0.2) is 64.2 Å². The monoisotopic (exact) mass is 673 g/mol. The van der Waals surface area contributed by atoms with E-state index in [-0.39, 0.29) is 41.8 Å². The van der Waals surface area contributed by atoms with Crippen molar-refractivity contribution in [2.24, 2.45) is 0 Å². The number of thioether (sulfide) groups is 1. The third kappa shape index (κ3) is 7.94. The molecular formula is C34H35N5O8S. The number of methoxy groups -OCH3 is 1. The molecule has 0 atom stereocenters. The topological polar surface area (TPSA) is 168 Å². The van der Waals surface area contributed by atoms with Gasteiger partial charge in [0.1, 0.15) is 17.9 Å². The summed E-state index contributed by atoms with van der Waals surface area (Å²) in [6.07, 6.45) is 0.557. The fourth-order valence-corrected chi connectivity index (χ4v) is 5.58. The van der Waals surface area contributed by atoms with Crippen LogP contribution in [0.3, 0.4) is 0 Å².